The number of nitrogens with one attached hydrogen (secondary N) is 1. The molecule has 2 amide bonds. The van der Waals surface area contributed by atoms with Crippen molar-refractivity contribution in [1.82, 2.24) is 4.90 Å². The molecule has 2 heterocycles. The van der Waals surface area contributed by atoms with E-state index in [4.69, 9.17) is 27.6 Å². The Hall–Kier alpha value is -2.50. The number of benzene rings is 2. The van der Waals surface area contributed by atoms with Crippen LogP contribution >= 0.6 is 23.2 Å². The monoisotopic (exact) mass is 416 g/mol. The number of hydrogen-bond acceptors (Lipinski definition) is 3. The Labute approximate surface area is 172 Å². The van der Waals surface area contributed by atoms with Crippen LogP contribution in [0.25, 0.3) is 11.0 Å². The summed E-state index contributed by atoms with van der Waals surface area (Å²) < 4.78 is 5.72. The Morgan fingerprint density at radius 3 is 2.46 bits per heavy atom. The van der Waals surface area contributed by atoms with Gasteiger partial charge in [-0.3, -0.25) is 9.59 Å². The summed E-state index contributed by atoms with van der Waals surface area (Å²) in [7, 11) is 0. The average molecular weight is 417 g/mol. The molecule has 0 saturated carbocycles. The Bertz CT molecular complexity index is 1080. The quantitative estimate of drug-likeness (QED) is 0.609. The molecule has 4 rings (SSSR count). The molecular weight excluding hydrogens is 399 g/mol. The number of carbonyl (C=O) groups excluding carboxylic acids is 2. The average Bonchev–Trinajstić information content (AvgIpc) is 3.30. The van der Waals surface area contributed by atoms with Crippen LogP contribution in [0.2, 0.25) is 10.0 Å². The molecule has 0 aliphatic carbocycles. The lowest BCUT2D eigenvalue weighted by atomic mass is 10.1. The fourth-order valence-corrected chi connectivity index (χ4v) is 3.83. The minimum absolute atomic E-state index is 0.113. The van der Waals surface area contributed by atoms with Gasteiger partial charge < -0.3 is 14.6 Å². The molecule has 7 heteroatoms. The fourth-order valence-electron chi connectivity index (χ4n) is 3.49. The number of likely N-dealkylation sites (tertiary alicyclic amines) is 1. The number of fused-ring (bicyclic) bond motifs is 1. The minimum atomic E-state index is -0.442. The molecule has 5 nitrogen and oxygen atoms in total. The molecule has 0 atom stereocenters. The van der Waals surface area contributed by atoms with Gasteiger partial charge in [0.25, 0.3) is 11.8 Å². The summed E-state index contributed by atoms with van der Waals surface area (Å²) in [5.41, 5.74) is 2.04. The van der Waals surface area contributed by atoms with Gasteiger partial charge in [-0.15, -0.1) is 0 Å². The molecule has 144 valence electrons. The summed E-state index contributed by atoms with van der Waals surface area (Å²) in [5.74, 6) is -0.378. The number of furan rings is 1. The van der Waals surface area contributed by atoms with Crippen molar-refractivity contribution >= 4 is 51.7 Å². The summed E-state index contributed by atoms with van der Waals surface area (Å²) >= 11 is 12.2. The molecule has 1 saturated heterocycles. The molecule has 1 N–H and O–H groups in total. The Balaban J connectivity index is 1.67. The Morgan fingerprint density at radius 1 is 1.04 bits per heavy atom. The van der Waals surface area contributed by atoms with Crippen LogP contribution in [0.4, 0.5) is 5.69 Å². The molecule has 28 heavy (non-hydrogen) atoms. The smallest absolute Gasteiger partial charge is 0.291 e. The second kappa shape index (κ2) is 7.49. The highest BCUT2D eigenvalue weighted by Gasteiger charge is 2.24. The third-order valence-electron chi connectivity index (χ3n) is 4.96. The van der Waals surface area contributed by atoms with Crippen molar-refractivity contribution < 1.29 is 14.0 Å². The molecule has 0 radical (unpaired) electrons. The van der Waals surface area contributed by atoms with Crippen LogP contribution in [0, 0.1) is 6.92 Å². The van der Waals surface area contributed by atoms with E-state index in [1.54, 1.807) is 48.2 Å². The molecule has 1 aromatic heterocycles. The van der Waals surface area contributed by atoms with E-state index in [2.05, 4.69) is 5.32 Å². The van der Waals surface area contributed by atoms with Crippen LogP contribution in [-0.4, -0.2) is 29.8 Å². The Morgan fingerprint density at radius 2 is 1.71 bits per heavy atom. The maximum absolute atomic E-state index is 12.9. The van der Waals surface area contributed by atoms with Gasteiger partial charge in [-0.05, 0) is 56.2 Å². The third-order valence-corrected chi connectivity index (χ3v) is 5.43. The summed E-state index contributed by atoms with van der Waals surface area (Å²) in [4.78, 5) is 27.5. The number of hydrogen-bond donors (Lipinski definition) is 1. The van der Waals surface area contributed by atoms with Crippen molar-refractivity contribution in [3.05, 3.63) is 63.3 Å². The topological polar surface area (TPSA) is 62.6 Å². The van der Waals surface area contributed by atoms with Crippen molar-refractivity contribution in [3.8, 4) is 0 Å². The van der Waals surface area contributed by atoms with E-state index >= 15 is 0 Å². The first kappa shape index (κ1) is 18.8. The number of halogens is 2. The summed E-state index contributed by atoms with van der Waals surface area (Å²) in [6, 6.07) is 10.1. The number of anilines is 1. The van der Waals surface area contributed by atoms with Gasteiger partial charge in [0.15, 0.2) is 5.76 Å². The number of aryl methyl sites for hydroxylation is 1. The maximum atomic E-state index is 12.9. The van der Waals surface area contributed by atoms with E-state index in [0.717, 1.165) is 31.3 Å². The highest BCUT2D eigenvalue weighted by molar-refractivity contribution is 6.31. The van der Waals surface area contributed by atoms with Crippen LogP contribution in [0.1, 0.15) is 39.3 Å². The highest BCUT2D eigenvalue weighted by atomic mass is 35.5. The van der Waals surface area contributed by atoms with Gasteiger partial charge in [0.05, 0.1) is 11.3 Å². The standard InChI is InChI=1S/C21H18Cl2N2O3/c1-12-16-10-13(22)5-7-18(16)28-19(12)20(26)24-17-11-14(23)4-6-15(17)21(27)25-8-2-3-9-25/h4-7,10-11H,2-3,8-9H2,1H3,(H,24,26). The molecule has 1 fully saturated rings. The first-order valence-electron chi connectivity index (χ1n) is 9.03. The lowest BCUT2D eigenvalue weighted by Gasteiger charge is -2.18. The van der Waals surface area contributed by atoms with E-state index in [-0.39, 0.29) is 11.7 Å². The van der Waals surface area contributed by atoms with Crippen molar-refractivity contribution in [3.63, 3.8) is 0 Å². The van der Waals surface area contributed by atoms with Gasteiger partial charge in [0.1, 0.15) is 5.58 Å². The molecule has 1 aliphatic heterocycles. The van der Waals surface area contributed by atoms with Gasteiger partial charge in [0, 0.05) is 34.1 Å². The van der Waals surface area contributed by atoms with Gasteiger partial charge in [-0.25, -0.2) is 0 Å². The SMILES string of the molecule is Cc1c(C(=O)Nc2cc(Cl)ccc2C(=O)N2CCCC2)oc2ccc(Cl)cc12. The summed E-state index contributed by atoms with van der Waals surface area (Å²) in [6.45, 7) is 3.24. The highest BCUT2D eigenvalue weighted by Crippen LogP contribution is 2.30. The molecule has 0 bridgehead atoms. The molecule has 3 aromatic rings. The van der Waals surface area contributed by atoms with Gasteiger partial charge >= 0.3 is 0 Å². The lowest BCUT2D eigenvalue weighted by molar-refractivity contribution is 0.0794. The van der Waals surface area contributed by atoms with Crippen LogP contribution in [0.15, 0.2) is 40.8 Å². The molecule has 0 unspecified atom stereocenters. The number of amides is 2. The normalized spacial score (nSPS) is 13.9. The van der Waals surface area contributed by atoms with E-state index in [0.29, 0.717) is 32.4 Å². The predicted molar refractivity (Wildman–Crippen MR) is 111 cm³/mol. The van der Waals surface area contributed by atoms with Crippen molar-refractivity contribution in [2.75, 3.05) is 18.4 Å². The van der Waals surface area contributed by atoms with E-state index in [1.165, 1.54) is 0 Å². The molecule has 1 aliphatic rings. The summed E-state index contributed by atoms with van der Waals surface area (Å²) in [6.07, 6.45) is 1.98. The Kier molecular flexibility index (Phi) is 5.04. The second-order valence-corrected chi connectivity index (χ2v) is 7.71. The number of nitrogens with zero attached hydrogens (tertiary/aromatic N) is 1. The van der Waals surface area contributed by atoms with Crippen molar-refractivity contribution in [2.45, 2.75) is 19.8 Å². The van der Waals surface area contributed by atoms with Gasteiger partial charge in [0.2, 0.25) is 0 Å². The molecule has 0 spiro atoms. The zero-order valence-corrected chi connectivity index (χ0v) is 16.7. The van der Waals surface area contributed by atoms with E-state index < -0.39 is 5.91 Å². The zero-order valence-electron chi connectivity index (χ0n) is 15.2. The van der Waals surface area contributed by atoms with Crippen LogP contribution in [0.3, 0.4) is 0 Å². The number of rotatable bonds is 3. The van der Waals surface area contributed by atoms with Gasteiger partial charge in [-0.2, -0.15) is 0 Å². The fraction of sp³-hybridized carbons (Fsp3) is 0.238. The first-order chi connectivity index (χ1) is 13.4. The lowest BCUT2D eigenvalue weighted by Crippen LogP contribution is -2.28. The predicted octanol–water partition coefficient (Wildman–Crippen LogP) is 5.54. The van der Waals surface area contributed by atoms with Crippen LogP contribution in [0.5, 0.6) is 0 Å². The van der Waals surface area contributed by atoms with E-state index in [9.17, 15) is 9.59 Å². The van der Waals surface area contributed by atoms with Crippen molar-refractivity contribution in [1.29, 1.82) is 0 Å². The van der Waals surface area contributed by atoms with E-state index in [1.807, 2.05) is 0 Å². The third kappa shape index (κ3) is 3.48. The van der Waals surface area contributed by atoms with Crippen molar-refractivity contribution in [2.24, 2.45) is 0 Å². The van der Waals surface area contributed by atoms with Crippen LogP contribution in [-0.2, 0) is 0 Å². The molecule has 2 aromatic carbocycles. The van der Waals surface area contributed by atoms with Gasteiger partial charge in [-0.1, -0.05) is 23.2 Å². The number of carbonyl (C=O) groups is 2. The summed E-state index contributed by atoms with van der Waals surface area (Å²) in [5, 5.41) is 4.56. The second-order valence-electron chi connectivity index (χ2n) is 6.84. The first-order valence-corrected chi connectivity index (χ1v) is 9.78. The molecular formula is C21H18Cl2N2O3. The minimum Gasteiger partial charge on any atom is -0.451 e. The maximum Gasteiger partial charge on any atom is 0.291 e. The zero-order chi connectivity index (χ0) is 19.8. The largest absolute Gasteiger partial charge is 0.451 e. The van der Waals surface area contributed by atoms with Crippen LogP contribution < -0.4 is 5.32 Å².